The third-order valence-corrected chi connectivity index (χ3v) is 4.32. The number of guanidine groups is 1. The van der Waals surface area contributed by atoms with E-state index in [-0.39, 0.29) is 24.0 Å². The Hall–Kier alpha value is -2.55. The van der Waals surface area contributed by atoms with E-state index < -0.39 is 0 Å². The van der Waals surface area contributed by atoms with Crippen molar-refractivity contribution < 1.29 is 4.74 Å². The number of para-hydroxylation sites is 1. The van der Waals surface area contributed by atoms with Crippen LogP contribution in [0.2, 0.25) is 0 Å². The van der Waals surface area contributed by atoms with Gasteiger partial charge in [-0.25, -0.2) is 4.99 Å². The van der Waals surface area contributed by atoms with Gasteiger partial charge in [0.25, 0.3) is 0 Å². The highest BCUT2D eigenvalue weighted by Gasteiger charge is 2.05. The minimum atomic E-state index is 0. The first-order valence-corrected chi connectivity index (χ1v) is 9.50. The Morgan fingerprint density at radius 3 is 2.52 bits per heavy atom. The molecule has 3 aromatic rings. The summed E-state index contributed by atoms with van der Waals surface area (Å²) >= 11 is 0. The van der Waals surface area contributed by atoms with Gasteiger partial charge in [0, 0.05) is 25.4 Å². The Morgan fingerprint density at radius 2 is 1.79 bits per heavy atom. The molecule has 7 heteroatoms. The molecule has 6 nitrogen and oxygen atoms in total. The molecule has 1 aromatic heterocycles. The summed E-state index contributed by atoms with van der Waals surface area (Å²) in [6, 6.07) is 20.2. The van der Waals surface area contributed by atoms with E-state index in [0.29, 0.717) is 19.7 Å². The number of benzene rings is 2. The van der Waals surface area contributed by atoms with Crippen molar-refractivity contribution in [2.24, 2.45) is 12.0 Å². The van der Waals surface area contributed by atoms with Crippen LogP contribution in [0.3, 0.4) is 0 Å². The maximum absolute atomic E-state index is 6.03. The summed E-state index contributed by atoms with van der Waals surface area (Å²) in [5.41, 5.74) is 3.29. The predicted octanol–water partition coefficient (Wildman–Crippen LogP) is 3.87. The van der Waals surface area contributed by atoms with Gasteiger partial charge in [-0.1, -0.05) is 48.5 Å². The van der Waals surface area contributed by atoms with Crippen LogP contribution in [0.5, 0.6) is 5.75 Å². The lowest BCUT2D eigenvalue weighted by molar-refractivity contribution is 0.303. The number of halogens is 1. The van der Waals surface area contributed by atoms with Crippen molar-refractivity contribution >= 4 is 29.9 Å². The monoisotopic (exact) mass is 505 g/mol. The second kappa shape index (κ2) is 12.1. The number of rotatable bonds is 8. The van der Waals surface area contributed by atoms with Crippen molar-refractivity contribution in [2.45, 2.75) is 26.6 Å². The maximum atomic E-state index is 6.03. The maximum Gasteiger partial charge on any atom is 0.191 e. The Bertz CT molecular complexity index is 895. The van der Waals surface area contributed by atoms with Gasteiger partial charge in [-0.2, -0.15) is 5.10 Å². The first-order chi connectivity index (χ1) is 13.8. The smallest absolute Gasteiger partial charge is 0.191 e. The molecular formula is C22H28IN5O. The highest BCUT2D eigenvalue weighted by Crippen LogP contribution is 2.20. The highest BCUT2D eigenvalue weighted by molar-refractivity contribution is 14.0. The van der Waals surface area contributed by atoms with Crippen molar-refractivity contribution in [2.75, 3.05) is 6.54 Å². The molecule has 0 aliphatic heterocycles. The van der Waals surface area contributed by atoms with Gasteiger partial charge in [0.2, 0.25) is 0 Å². The van der Waals surface area contributed by atoms with Gasteiger partial charge in [0.1, 0.15) is 12.4 Å². The Balaban J connectivity index is 0.00000300. The summed E-state index contributed by atoms with van der Waals surface area (Å²) in [6.07, 6.45) is 1.79. The summed E-state index contributed by atoms with van der Waals surface area (Å²) in [4.78, 5) is 4.71. The third-order valence-electron chi connectivity index (χ3n) is 4.32. The van der Waals surface area contributed by atoms with E-state index in [2.05, 4.69) is 40.9 Å². The van der Waals surface area contributed by atoms with Crippen LogP contribution in [0.25, 0.3) is 0 Å². The fourth-order valence-electron chi connectivity index (χ4n) is 2.77. The zero-order chi connectivity index (χ0) is 19.6. The molecule has 0 atom stereocenters. The molecule has 0 radical (unpaired) electrons. The van der Waals surface area contributed by atoms with Crippen LogP contribution in [-0.4, -0.2) is 22.3 Å². The van der Waals surface area contributed by atoms with Gasteiger partial charge in [0.15, 0.2) is 5.96 Å². The van der Waals surface area contributed by atoms with Gasteiger partial charge in [-0.3, -0.25) is 4.68 Å². The molecule has 29 heavy (non-hydrogen) atoms. The average Bonchev–Trinajstić information content (AvgIpc) is 3.14. The van der Waals surface area contributed by atoms with E-state index in [4.69, 9.17) is 9.73 Å². The van der Waals surface area contributed by atoms with Crippen LogP contribution in [0.1, 0.15) is 23.7 Å². The molecule has 2 aromatic carbocycles. The van der Waals surface area contributed by atoms with Gasteiger partial charge in [-0.05, 0) is 24.6 Å². The topological polar surface area (TPSA) is 63.5 Å². The Morgan fingerprint density at radius 1 is 1.03 bits per heavy atom. The molecule has 0 spiro atoms. The Labute approximate surface area is 189 Å². The lowest BCUT2D eigenvalue weighted by Gasteiger charge is -2.13. The van der Waals surface area contributed by atoms with Gasteiger partial charge in [-0.15, -0.1) is 24.0 Å². The van der Waals surface area contributed by atoms with E-state index in [9.17, 15) is 0 Å². The van der Waals surface area contributed by atoms with E-state index in [1.165, 1.54) is 0 Å². The summed E-state index contributed by atoms with van der Waals surface area (Å²) in [6.45, 7) is 4.59. The minimum Gasteiger partial charge on any atom is -0.489 e. The second-order valence-corrected chi connectivity index (χ2v) is 6.38. The van der Waals surface area contributed by atoms with E-state index >= 15 is 0 Å². The first kappa shape index (κ1) is 22.7. The number of aromatic nitrogens is 2. The minimum absolute atomic E-state index is 0. The number of hydrogen-bond donors (Lipinski definition) is 2. The molecule has 0 amide bonds. The normalized spacial score (nSPS) is 10.9. The van der Waals surface area contributed by atoms with Crippen molar-refractivity contribution in [1.29, 1.82) is 0 Å². The molecule has 2 N–H and O–H groups in total. The first-order valence-electron chi connectivity index (χ1n) is 9.50. The fraction of sp³-hybridized carbons (Fsp3) is 0.273. The molecule has 0 unspecified atom stereocenters. The van der Waals surface area contributed by atoms with Crippen LogP contribution in [0.4, 0.5) is 0 Å². The summed E-state index contributed by atoms with van der Waals surface area (Å²) in [7, 11) is 1.93. The molecular weight excluding hydrogens is 477 g/mol. The molecule has 0 aliphatic rings. The second-order valence-electron chi connectivity index (χ2n) is 6.38. The number of aliphatic imine (C=N–C) groups is 1. The average molecular weight is 505 g/mol. The predicted molar refractivity (Wildman–Crippen MR) is 127 cm³/mol. The molecule has 3 rings (SSSR count). The summed E-state index contributed by atoms with van der Waals surface area (Å²) in [5.74, 6) is 1.62. The van der Waals surface area contributed by atoms with Crippen molar-refractivity contribution in [3.63, 3.8) is 0 Å². The van der Waals surface area contributed by atoms with Gasteiger partial charge >= 0.3 is 0 Å². The molecule has 0 aliphatic carbocycles. The third kappa shape index (κ3) is 7.08. The number of nitrogens with zero attached hydrogens (tertiary/aromatic N) is 3. The molecule has 0 saturated heterocycles. The summed E-state index contributed by atoms with van der Waals surface area (Å²) in [5, 5.41) is 10.8. The number of aryl methyl sites for hydroxylation is 1. The van der Waals surface area contributed by atoms with E-state index in [1.54, 1.807) is 6.20 Å². The highest BCUT2D eigenvalue weighted by atomic mass is 127. The molecule has 0 bridgehead atoms. The van der Waals surface area contributed by atoms with Crippen LogP contribution in [0.15, 0.2) is 71.9 Å². The molecule has 1 heterocycles. The van der Waals surface area contributed by atoms with Crippen molar-refractivity contribution in [1.82, 2.24) is 20.4 Å². The molecule has 154 valence electrons. The quantitative estimate of drug-likeness (QED) is 0.277. The lowest BCUT2D eigenvalue weighted by atomic mass is 10.2. The van der Waals surface area contributed by atoms with Crippen molar-refractivity contribution in [3.8, 4) is 5.75 Å². The van der Waals surface area contributed by atoms with Crippen molar-refractivity contribution in [3.05, 3.63) is 83.7 Å². The largest absolute Gasteiger partial charge is 0.489 e. The Kier molecular flexibility index (Phi) is 9.49. The molecule has 0 fully saturated rings. The fourth-order valence-corrected chi connectivity index (χ4v) is 2.77. The van der Waals surface area contributed by atoms with Crippen LogP contribution < -0.4 is 15.4 Å². The number of nitrogens with one attached hydrogen (secondary N) is 2. The van der Waals surface area contributed by atoms with E-state index in [1.807, 2.05) is 54.2 Å². The van der Waals surface area contributed by atoms with E-state index in [0.717, 1.165) is 35.1 Å². The zero-order valence-corrected chi connectivity index (χ0v) is 19.2. The molecule has 0 saturated carbocycles. The van der Waals surface area contributed by atoms with Gasteiger partial charge < -0.3 is 15.4 Å². The zero-order valence-electron chi connectivity index (χ0n) is 16.8. The standard InChI is InChI=1S/C22H27N5O.HI/c1-3-23-22(25-16-20-13-14-26-27(20)2)24-15-19-11-7-8-12-21(19)28-17-18-9-5-4-6-10-18;/h4-14H,3,15-17H2,1-2H3,(H2,23,24,25);1H. The summed E-state index contributed by atoms with van der Waals surface area (Å²) < 4.78 is 7.88. The van der Waals surface area contributed by atoms with Crippen LogP contribution in [-0.2, 0) is 26.7 Å². The SMILES string of the molecule is CCNC(=NCc1ccccc1OCc1ccccc1)NCc1ccnn1C.I. The van der Waals surface area contributed by atoms with Crippen LogP contribution in [0, 0.1) is 0 Å². The number of ether oxygens (including phenoxy) is 1. The van der Waals surface area contributed by atoms with Crippen LogP contribution >= 0.6 is 24.0 Å². The number of hydrogen-bond acceptors (Lipinski definition) is 3. The van der Waals surface area contributed by atoms with Gasteiger partial charge in [0.05, 0.1) is 18.8 Å². The lowest BCUT2D eigenvalue weighted by Crippen LogP contribution is -2.37.